The van der Waals surface area contributed by atoms with Gasteiger partial charge in [-0.05, 0) is 7.05 Å². The van der Waals surface area contributed by atoms with Gasteiger partial charge in [0.1, 0.15) is 0 Å². The van der Waals surface area contributed by atoms with Crippen LogP contribution in [0.3, 0.4) is 0 Å². The molecule has 0 radical (unpaired) electrons. The fourth-order valence-corrected chi connectivity index (χ4v) is 0. The van der Waals surface area contributed by atoms with Crippen molar-refractivity contribution in [1.29, 1.82) is 0 Å². The number of hydrogen-bond donors (Lipinski definition) is 3. The molecule has 0 aliphatic carbocycles. The zero-order valence-corrected chi connectivity index (χ0v) is 5.22. The average molecular weight is 127 g/mol. The van der Waals surface area contributed by atoms with Gasteiger partial charge in [-0.1, -0.05) is 0 Å². The lowest BCUT2D eigenvalue weighted by Crippen LogP contribution is -1.69. The van der Waals surface area contributed by atoms with Crippen LogP contribution in [0.25, 0.3) is 0 Å². The molecule has 0 aromatic carbocycles. The first-order valence-corrected chi connectivity index (χ1v) is 2.73. The van der Waals surface area contributed by atoms with E-state index in [-0.39, 0.29) is 0 Å². The topological polar surface area (TPSA) is 75.7 Å². The van der Waals surface area contributed by atoms with Gasteiger partial charge in [-0.15, -0.1) is 0 Å². The number of nitrogens with two attached hydrogens (primary N) is 1. The summed E-state index contributed by atoms with van der Waals surface area (Å²) < 4.78 is 3.93. The first-order chi connectivity index (χ1) is 3.27. The van der Waals surface area contributed by atoms with Gasteiger partial charge in [0.05, 0.1) is 0 Å². The Bertz CT molecular complexity index is 26.9. The average Bonchev–Trinajstić information content (AvgIpc) is 1.73. The lowest BCUT2D eigenvalue weighted by molar-refractivity contribution is 0.310. The van der Waals surface area contributed by atoms with Crippen molar-refractivity contribution in [3.63, 3.8) is 0 Å². The second kappa shape index (κ2) is 9.55. The molecule has 0 aromatic rings. The van der Waals surface area contributed by atoms with E-state index in [0.717, 1.165) is 0 Å². The van der Waals surface area contributed by atoms with Gasteiger partial charge in [0.25, 0.3) is 0 Å². The first-order valence-electron chi connectivity index (χ1n) is 1.57. The summed E-state index contributed by atoms with van der Waals surface area (Å²) >= 11 is 0. The molecule has 0 spiro atoms. The summed E-state index contributed by atoms with van der Waals surface area (Å²) in [5, 5.41) is 0. The molecule has 4 N–H and O–H groups in total. The molecule has 0 rings (SSSR count). The first kappa shape index (κ1) is 10.3. The van der Waals surface area contributed by atoms with E-state index in [0.29, 0.717) is 0 Å². The highest BCUT2D eigenvalue weighted by Gasteiger charge is 1.86. The molecule has 0 saturated heterocycles. The standard InChI is InChI=1S/CH5N.CH5O3P/c1-2;1-4-5(2)3/h2H2,1H3;2-3H,1H3. The summed E-state index contributed by atoms with van der Waals surface area (Å²) in [6.07, 6.45) is 0. The molecule has 0 amide bonds. The highest BCUT2D eigenvalue weighted by atomic mass is 31.2. The summed E-state index contributed by atoms with van der Waals surface area (Å²) in [6, 6.07) is 0. The second-order valence-corrected chi connectivity index (χ2v) is 1.31. The number of hydrogen-bond acceptors (Lipinski definition) is 4. The molecule has 0 fully saturated rings. The molecule has 0 saturated carbocycles. The van der Waals surface area contributed by atoms with Gasteiger partial charge in [-0.3, -0.25) is 0 Å². The highest BCUT2D eigenvalue weighted by Crippen LogP contribution is 2.20. The van der Waals surface area contributed by atoms with E-state index in [1.165, 1.54) is 14.2 Å². The third kappa shape index (κ3) is 22.2. The van der Waals surface area contributed by atoms with Crippen molar-refractivity contribution in [2.24, 2.45) is 5.73 Å². The third-order valence-corrected chi connectivity index (χ3v) is 0.490. The number of rotatable bonds is 1. The molecule has 0 bridgehead atoms. The summed E-state index contributed by atoms with van der Waals surface area (Å²) in [5.74, 6) is 0. The molecule has 0 aromatic heterocycles. The van der Waals surface area contributed by atoms with E-state index >= 15 is 0 Å². The molecule has 0 heterocycles. The lowest BCUT2D eigenvalue weighted by atomic mass is 11.6. The Morgan fingerprint density at radius 2 is 1.57 bits per heavy atom. The van der Waals surface area contributed by atoms with Gasteiger partial charge in [0, 0.05) is 7.11 Å². The summed E-state index contributed by atoms with van der Waals surface area (Å²) in [5.41, 5.74) is 4.50. The molecule has 0 atom stereocenters. The highest BCUT2D eigenvalue weighted by molar-refractivity contribution is 7.39. The fraction of sp³-hybridized carbons (Fsp3) is 1.00. The molecule has 4 nitrogen and oxygen atoms in total. The van der Waals surface area contributed by atoms with E-state index in [1.54, 1.807) is 0 Å². The minimum Gasteiger partial charge on any atom is -0.333 e. The van der Waals surface area contributed by atoms with Gasteiger partial charge in [0.2, 0.25) is 0 Å². The van der Waals surface area contributed by atoms with Gasteiger partial charge in [0.15, 0.2) is 0 Å². The Hall–Kier alpha value is 0.270. The minimum absolute atomic E-state index is 1.23. The predicted octanol–water partition coefficient (Wildman–Crippen LogP) is -0.581. The minimum atomic E-state index is -2.10. The molecule has 0 aliphatic rings. The van der Waals surface area contributed by atoms with Crippen molar-refractivity contribution in [3.05, 3.63) is 0 Å². The van der Waals surface area contributed by atoms with Crippen molar-refractivity contribution in [3.8, 4) is 0 Å². The van der Waals surface area contributed by atoms with Crippen LogP contribution in [0.1, 0.15) is 0 Å². The van der Waals surface area contributed by atoms with Gasteiger partial charge in [-0.25, -0.2) is 0 Å². The van der Waals surface area contributed by atoms with E-state index < -0.39 is 8.60 Å². The zero-order chi connectivity index (χ0) is 6.28. The van der Waals surface area contributed by atoms with Crippen LogP contribution in [-0.4, -0.2) is 23.9 Å². The van der Waals surface area contributed by atoms with Gasteiger partial charge >= 0.3 is 8.60 Å². The Balaban J connectivity index is 0. The van der Waals surface area contributed by atoms with Crippen LogP contribution in [0.2, 0.25) is 0 Å². The van der Waals surface area contributed by atoms with Crippen molar-refractivity contribution in [2.75, 3.05) is 14.2 Å². The Morgan fingerprint density at radius 1 is 1.43 bits per heavy atom. The van der Waals surface area contributed by atoms with Crippen molar-refractivity contribution in [2.45, 2.75) is 0 Å². The lowest BCUT2D eigenvalue weighted by Gasteiger charge is -1.89. The summed E-state index contributed by atoms with van der Waals surface area (Å²) in [6.45, 7) is 0. The SMILES string of the molecule is CN.COP(O)O. The molecular weight excluding hydrogens is 117 g/mol. The molecule has 5 heteroatoms. The Kier molecular flexibility index (Phi) is 14.0. The zero-order valence-electron chi connectivity index (χ0n) is 4.33. The third-order valence-electron chi connectivity index (χ3n) is 0.163. The van der Waals surface area contributed by atoms with Crippen molar-refractivity contribution in [1.82, 2.24) is 0 Å². The quantitative estimate of drug-likeness (QED) is 0.412. The van der Waals surface area contributed by atoms with E-state index in [9.17, 15) is 0 Å². The summed E-state index contributed by atoms with van der Waals surface area (Å²) in [4.78, 5) is 15.5. The van der Waals surface area contributed by atoms with Gasteiger partial charge < -0.3 is 20.0 Å². The Labute approximate surface area is 43.9 Å². The van der Waals surface area contributed by atoms with Crippen LogP contribution >= 0.6 is 8.60 Å². The van der Waals surface area contributed by atoms with Crippen molar-refractivity contribution >= 4 is 8.60 Å². The monoisotopic (exact) mass is 127 g/mol. The maximum absolute atomic E-state index is 7.76. The molecule has 0 unspecified atom stereocenters. The molecule has 46 valence electrons. The van der Waals surface area contributed by atoms with E-state index in [1.807, 2.05) is 0 Å². The van der Waals surface area contributed by atoms with Crippen LogP contribution < -0.4 is 5.73 Å². The van der Waals surface area contributed by atoms with E-state index in [4.69, 9.17) is 9.79 Å². The van der Waals surface area contributed by atoms with Crippen LogP contribution in [0, 0.1) is 0 Å². The molecule has 0 aliphatic heterocycles. The Morgan fingerprint density at radius 3 is 1.57 bits per heavy atom. The normalized spacial score (nSPS) is 7.71. The summed E-state index contributed by atoms with van der Waals surface area (Å²) in [7, 11) is 0.630. The van der Waals surface area contributed by atoms with Crippen LogP contribution in [0.4, 0.5) is 0 Å². The molecule has 7 heavy (non-hydrogen) atoms. The predicted molar refractivity (Wildman–Crippen MR) is 28.5 cm³/mol. The fourth-order valence-electron chi connectivity index (χ4n) is 0. The van der Waals surface area contributed by atoms with Crippen LogP contribution in [0.5, 0.6) is 0 Å². The van der Waals surface area contributed by atoms with Gasteiger partial charge in [-0.2, -0.15) is 0 Å². The van der Waals surface area contributed by atoms with E-state index in [2.05, 4.69) is 10.3 Å². The van der Waals surface area contributed by atoms with Crippen molar-refractivity contribution < 1.29 is 14.3 Å². The maximum atomic E-state index is 7.76. The second-order valence-electron chi connectivity index (χ2n) is 0.435. The van der Waals surface area contributed by atoms with Crippen LogP contribution in [0.15, 0.2) is 0 Å². The smallest absolute Gasteiger partial charge is 0.326 e. The maximum Gasteiger partial charge on any atom is 0.326 e. The van der Waals surface area contributed by atoms with Crippen LogP contribution in [-0.2, 0) is 4.52 Å². The molecular formula is C2H10NO3P. The largest absolute Gasteiger partial charge is 0.333 e.